The number of carbonyl (C=O) groups excluding carboxylic acids is 1. The third kappa shape index (κ3) is 3.07. The summed E-state index contributed by atoms with van der Waals surface area (Å²) in [7, 11) is 1.54. The highest BCUT2D eigenvalue weighted by molar-refractivity contribution is 7.22. The Morgan fingerprint density at radius 3 is 2.61 bits per heavy atom. The molecule has 4 rings (SSSR count). The zero-order valence-corrected chi connectivity index (χ0v) is 15.9. The second kappa shape index (κ2) is 6.97. The summed E-state index contributed by atoms with van der Waals surface area (Å²) >= 11 is 1.34. The highest BCUT2D eigenvalue weighted by atomic mass is 32.1. The summed E-state index contributed by atoms with van der Waals surface area (Å²) in [6.45, 7) is 1.63. The summed E-state index contributed by atoms with van der Waals surface area (Å²) in [5.41, 5.74) is 0.535. The third-order valence-electron chi connectivity index (χ3n) is 4.26. The molecule has 2 heterocycles. The van der Waals surface area contributed by atoms with Crippen molar-refractivity contribution in [3.05, 3.63) is 82.0 Å². The first-order chi connectivity index (χ1) is 13.5. The van der Waals surface area contributed by atoms with Crippen LogP contribution in [-0.4, -0.2) is 27.7 Å². The number of hydrogen-bond donors (Lipinski definition) is 0. The van der Waals surface area contributed by atoms with Crippen molar-refractivity contribution in [1.29, 1.82) is 0 Å². The van der Waals surface area contributed by atoms with Crippen LogP contribution in [0.2, 0.25) is 0 Å². The highest BCUT2D eigenvalue weighted by Gasteiger charge is 2.23. The van der Waals surface area contributed by atoms with Crippen LogP contribution in [0, 0.1) is 12.7 Å². The van der Waals surface area contributed by atoms with Gasteiger partial charge in [0, 0.05) is 18.8 Å². The van der Waals surface area contributed by atoms with Crippen LogP contribution in [0.15, 0.2) is 59.4 Å². The number of para-hydroxylation sites is 2. The van der Waals surface area contributed by atoms with E-state index < -0.39 is 17.2 Å². The zero-order valence-electron chi connectivity index (χ0n) is 15.1. The second-order valence-electron chi connectivity index (χ2n) is 6.19. The van der Waals surface area contributed by atoms with Gasteiger partial charge in [0.05, 0.1) is 10.2 Å². The van der Waals surface area contributed by atoms with Crippen LogP contribution in [0.1, 0.15) is 16.2 Å². The lowest BCUT2D eigenvalue weighted by atomic mass is 10.2. The van der Waals surface area contributed by atoms with E-state index in [2.05, 4.69) is 10.1 Å². The van der Waals surface area contributed by atoms with E-state index in [0.717, 1.165) is 10.2 Å². The van der Waals surface area contributed by atoms with Crippen LogP contribution in [-0.2, 0) is 0 Å². The number of halogens is 1. The summed E-state index contributed by atoms with van der Waals surface area (Å²) in [5.74, 6) is -1.10. The Kier molecular flexibility index (Phi) is 4.48. The molecule has 0 saturated heterocycles. The summed E-state index contributed by atoms with van der Waals surface area (Å²) in [4.78, 5) is 31.1. The number of aromatic nitrogens is 3. The Balaban J connectivity index is 1.77. The quantitative estimate of drug-likeness (QED) is 0.533. The van der Waals surface area contributed by atoms with E-state index in [4.69, 9.17) is 0 Å². The third-order valence-corrected chi connectivity index (χ3v) is 5.38. The fraction of sp³-hybridized carbons (Fsp3) is 0.100. The fourth-order valence-electron chi connectivity index (χ4n) is 2.81. The molecule has 0 N–H and O–H groups in total. The molecule has 8 heteroatoms. The minimum atomic E-state index is -0.603. The maximum absolute atomic E-state index is 14.2. The van der Waals surface area contributed by atoms with E-state index >= 15 is 0 Å². The lowest BCUT2D eigenvalue weighted by Crippen LogP contribution is -2.33. The molecule has 2 aromatic carbocycles. The molecule has 4 aromatic rings. The lowest BCUT2D eigenvalue weighted by molar-refractivity contribution is 0.0985. The van der Waals surface area contributed by atoms with Crippen molar-refractivity contribution < 1.29 is 9.18 Å². The van der Waals surface area contributed by atoms with E-state index in [1.807, 2.05) is 24.3 Å². The first-order valence-electron chi connectivity index (χ1n) is 8.45. The maximum Gasteiger partial charge on any atom is 0.284 e. The highest BCUT2D eigenvalue weighted by Crippen LogP contribution is 2.28. The number of nitrogens with zero attached hydrogens (tertiary/aromatic N) is 4. The molecule has 0 atom stereocenters. The number of fused-ring (bicyclic) bond motifs is 1. The molecule has 0 fully saturated rings. The van der Waals surface area contributed by atoms with Gasteiger partial charge in [-0.15, -0.1) is 0 Å². The fourth-order valence-corrected chi connectivity index (χ4v) is 3.74. The minimum absolute atomic E-state index is 0.164. The van der Waals surface area contributed by atoms with Gasteiger partial charge < -0.3 is 0 Å². The monoisotopic (exact) mass is 394 g/mol. The normalized spacial score (nSPS) is 11.0. The Hall–Kier alpha value is -3.39. The number of thiazole rings is 1. The number of anilines is 1. The van der Waals surface area contributed by atoms with E-state index in [9.17, 15) is 14.0 Å². The van der Waals surface area contributed by atoms with Crippen LogP contribution >= 0.6 is 11.3 Å². The SMILES string of the molecule is Cc1cc(=O)c(C(=O)N(C)c2nc3ccccc3s2)nn1-c1ccccc1F. The van der Waals surface area contributed by atoms with Crippen molar-refractivity contribution in [3.8, 4) is 5.69 Å². The van der Waals surface area contributed by atoms with Gasteiger partial charge in [0.2, 0.25) is 5.43 Å². The summed E-state index contributed by atoms with van der Waals surface area (Å²) < 4.78 is 16.4. The summed E-state index contributed by atoms with van der Waals surface area (Å²) in [6, 6.07) is 14.8. The second-order valence-corrected chi connectivity index (χ2v) is 7.20. The van der Waals surface area contributed by atoms with E-state index in [1.165, 1.54) is 46.2 Å². The average molecular weight is 394 g/mol. The van der Waals surface area contributed by atoms with Crippen molar-refractivity contribution in [1.82, 2.24) is 14.8 Å². The van der Waals surface area contributed by atoms with Crippen molar-refractivity contribution in [2.75, 3.05) is 11.9 Å². The topological polar surface area (TPSA) is 68.1 Å². The predicted molar refractivity (Wildman–Crippen MR) is 107 cm³/mol. The Morgan fingerprint density at radius 1 is 1.14 bits per heavy atom. The Bertz CT molecular complexity index is 1230. The first-order valence-corrected chi connectivity index (χ1v) is 9.27. The van der Waals surface area contributed by atoms with Gasteiger partial charge in [0.25, 0.3) is 5.91 Å². The molecular formula is C20H15FN4O2S. The van der Waals surface area contributed by atoms with E-state index in [0.29, 0.717) is 10.8 Å². The molecule has 0 bridgehead atoms. The van der Waals surface area contributed by atoms with Crippen LogP contribution < -0.4 is 10.3 Å². The molecule has 0 spiro atoms. The Labute approximate surface area is 163 Å². The molecular weight excluding hydrogens is 379 g/mol. The number of benzene rings is 2. The number of carbonyl (C=O) groups is 1. The van der Waals surface area contributed by atoms with Crippen LogP contribution in [0.5, 0.6) is 0 Å². The smallest absolute Gasteiger partial charge is 0.284 e. The standard InChI is InChI=1S/C20H15FN4O2S/c1-12-11-16(26)18(23-25(12)15-9-5-3-7-13(15)21)19(27)24(2)20-22-14-8-4-6-10-17(14)28-20/h3-11H,1-2H3. The first kappa shape index (κ1) is 18.0. The van der Waals surface area contributed by atoms with Gasteiger partial charge >= 0.3 is 0 Å². The van der Waals surface area contributed by atoms with Gasteiger partial charge in [-0.3, -0.25) is 14.5 Å². The Morgan fingerprint density at radius 2 is 1.86 bits per heavy atom. The van der Waals surface area contributed by atoms with Gasteiger partial charge in [0.1, 0.15) is 11.5 Å². The minimum Gasteiger partial charge on any atom is -0.287 e. The molecule has 0 aliphatic heterocycles. The lowest BCUT2D eigenvalue weighted by Gasteiger charge is -2.15. The molecule has 140 valence electrons. The molecule has 0 aliphatic carbocycles. The molecule has 0 radical (unpaired) electrons. The van der Waals surface area contributed by atoms with Crippen molar-refractivity contribution in [3.63, 3.8) is 0 Å². The number of rotatable bonds is 3. The van der Waals surface area contributed by atoms with Gasteiger partial charge in [-0.25, -0.2) is 14.1 Å². The molecule has 0 unspecified atom stereocenters. The zero-order chi connectivity index (χ0) is 19.8. The summed E-state index contributed by atoms with van der Waals surface area (Å²) in [6.07, 6.45) is 0. The maximum atomic E-state index is 14.2. The average Bonchev–Trinajstić information content (AvgIpc) is 3.12. The molecule has 2 aromatic heterocycles. The predicted octanol–water partition coefficient (Wildman–Crippen LogP) is 3.57. The van der Waals surface area contributed by atoms with Gasteiger partial charge in [-0.1, -0.05) is 35.6 Å². The van der Waals surface area contributed by atoms with E-state index in [-0.39, 0.29) is 11.4 Å². The van der Waals surface area contributed by atoms with Crippen LogP contribution in [0.25, 0.3) is 15.9 Å². The van der Waals surface area contributed by atoms with E-state index in [1.54, 1.807) is 19.1 Å². The molecule has 6 nitrogen and oxygen atoms in total. The van der Waals surface area contributed by atoms with Crippen molar-refractivity contribution >= 4 is 32.6 Å². The molecule has 28 heavy (non-hydrogen) atoms. The van der Waals surface area contributed by atoms with Crippen molar-refractivity contribution in [2.45, 2.75) is 6.92 Å². The van der Waals surface area contributed by atoms with Gasteiger partial charge in [-0.05, 0) is 31.2 Å². The molecule has 0 saturated carbocycles. The van der Waals surface area contributed by atoms with Gasteiger partial charge in [-0.2, -0.15) is 5.10 Å². The number of hydrogen-bond acceptors (Lipinski definition) is 5. The van der Waals surface area contributed by atoms with Crippen LogP contribution in [0.4, 0.5) is 9.52 Å². The summed E-state index contributed by atoms with van der Waals surface area (Å²) in [5, 5.41) is 4.60. The molecule has 0 aliphatic rings. The van der Waals surface area contributed by atoms with Crippen molar-refractivity contribution in [2.24, 2.45) is 0 Å². The van der Waals surface area contributed by atoms with Crippen LogP contribution in [0.3, 0.4) is 0 Å². The molecule has 1 amide bonds. The number of amides is 1. The van der Waals surface area contributed by atoms with Gasteiger partial charge in [0.15, 0.2) is 10.8 Å². The number of aryl methyl sites for hydroxylation is 1. The largest absolute Gasteiger partial charge is 0.287 e.